The molecule has 0 bridgehead atoms. The van der Waals surface area contributed by atoms with Crippen LogP contribution >= 0.6 is 11.8 Å². The highest BCUT2D eigenvalue weighted by atomic mass is 32.2. The van der Waals surface area contributed by atoms with Crippen molar-refractivity contribution in [3.63, 3.8) is 0 Å². The van der Waals surface area contributed by atoms with Gasteiger partial charge in [-0.25, -0.2) is 4.79 Å². The monoisotopic (exact) mass is 433 g/mol. The number of aromatic nitrogens is 2. The maximum atomic E-state index is 13.1. The highest BCUT2D eigenvalue weighted by Gasteiger charge is 2.17. The van der Waals surface area contributed by atoms with Crippen molar-refractivity contribution < 1.29 is 9.53 Å². The third-order valence-electron chi connectivity index (χ3n) is 5.22. The number of carbonyl (C=O) groups is 1. The average Bonchev–Trinajstić information content (AvgIpc) is 2.99. The molecule has 1 N–H and O–H groups in total. The number of nitrogens with zero attached hydrogens (tertiary/aromatic N) is 2. The minimum atomic E-state index is -0.275. The number of benzene rings is 3. The van der Waals surface area contributed by atoms with Crippen LogP contribution < -0.4 is 15.7 Å². The van der Waals surface area contributed by atoms with E-state index in [1.54, 1.807) is 41.4 Å². The van der Waals surface area contributed by atoms with Crippen LogP contribution in [0.25, 0.3) is 11.0 Å². The van der Waals surface area contributed by atoms with Crippen molar-refractivity contribution in [3.8, 4) is 5.75 Å². The number of ether oxygens (including phenoxy) is 1. The number of hydrogen-bond donors (Lipinski definition) is 1. The van der Waals surface area contributed by atoms with Crippen molar-refractivity contribution in [3.05, 3.63) is 82.3 Å². The van der Waals surface area contributed by atoms with Crippen LogP contribution in [0.5, 0.6) is 5.75 Å². The van der Waals surface area contributed by atoms with Crippen LogP contribution in [-0.4, -0.2) is 22.2 Å². The van der Waals surface area contributed by atoms with E-state index in [0.717, 1.165) is 20.8 Å². The Morgan fingerprint density at radius 2 is 1.61 bits per heavy atom. The van der Waals surface area contributed by atoms with Crippen LogP contribution in [0, 0.1) is 6.92 Å². The second kappa shape index (κ2) is 8.35. The molecule has 0 saturated heterocycles. The molecule has 31 heavy (non-hydrogen) atoms. The summed E-state index contributed by atoms with van der Waals surface area (Å²) in [5.74, 6) is 0.226. The van der Waals surface area contributed by atoms with Crippen molar-refractivity contribution in [2.24, 2.45) is 14.1 Å². The Kier molecular flexibility index (Phi) is 5.61. The molecule has 4 rings (SSSR count). The minimum Gasteiger partial charge on any atom is -0.496 e. The first kappa shape index (κ1) is 20.8. The number of imidazole rings is 1. The number of methoxy groups -OCH3 is 1. The first-order chi connectivity index (χ1) is 14.9. The summed E-state index contributed by atoms with van der Waals surface area (Å²) in [6, 6.07) is 19.1. The van der Waals surface area contributed by atoms with Gasteiger partial charge in [0.2, 0.25) is 0 Å². The summed E-state index contributed by atoms with van der Waals surface area (Å²) in [4.78, 5) is 27.4. The predicted molar refractivity (Wildman–Crippen MR) is 124 cm³/mol. The van der Waals surface area contributed by atoms with Gasteiger partial charge < -0.3 is 10.1 Å². The molecule has 0 unspecified atom stereocenters. The Hall–Kier alpha value is -3.45. The van der Waals surface area contributed by atoms with Gasteiger partial charge in [-0.3, -0.25) is 13.9 Å². The molecule has 0 radical (unpaired) electrons. The lowest BCUT2D eigenvalue weighted by molar-refractivity contribution is 0.102. The van der Waals surface area contributed by atoms with E-state index in [0.29, 0.717) is 17.0 Å². The summed E-state index contributed by atoms with van der Waals surface area (Å²) in [6.45, 7) is 2.04. The number of fused-ring (bicyclic) bond motifs is 1. The lowest BCUT2D eigenvalue weighted by Crippen LogP contribution is -2.19. The largest absolute Gasteiger partial charge is 0.496 e. The van der Waals surface area contributed by atoms with E-state index in [1.165, 1.54) is 24.4 Å². The molecule has 0 aliphatic carbocycles. The summed E-state index contributed by atoms with van der Waals surface area (Å²) in [5, 5.41) is 3.02. The topological polar surface area (TPSA) is 65.3 Å². The number of amides is 1. The zero-order valence-electron chi connectivity index (χ0n) is 17.8. The normalized spacial score (nSPS) is 11.0. The van der Waals surface area contributed by atoms with Crippen molar-refractivity contribution in [2.75, 3.05) is 12.4 Å². The highest BCUT2D eigenvalue weighted by Crippen LogP contribution is 2.37. The van der Waals surface area contributed by atoms with Gasteiger partial charge in [-0.2, -0.15) is 0 Å². The second-order valence-corrected chi connectivity index (χ2v) is 8.42. The average molecular weight is 434 g/mol. The summed E-state index contributed by atoms with van der Waals surface area (Å²) in [5.41, 5.74) is 3.69. The Morgan fingerprint density at radius 1 is 0.968 bits per heavy atom. The fourth-order valence-corrected chi connectivity index (χ4v) is 4.38. The number of nitrogens with one attached hydrogen (secondary N) is 1. The van der Waals surface area contributed by atoms with Crippen LogP contribution in [0.3, 0.4) is 0 Å². The predicted octanol–water partition coefficient (Wildman–Crippen LogP) is 4.60. The number of rotatable bonds is 5. The molecule has 1 heterocycles. The summed E-state index contributed by atoms with van der Waals surface area (Å²) in [6.07, 6.45) is 0. The fraction of sp³-hybridized carbons (Fsp3) is 0.167. The van der Waals surface area contributed by atoms with Gasteiger partial charge in [0, 0.05) is 23.9 Å². The first-order valence-electron chi connectivity index (χ1n) is 9.77. The van der Waals surface area contributed by atoms with Crippen LogP contribution in [0.2, 0.25) is 0 Å². The molecule has 1 amide bonds. The number of para-hydroxylation sites is 1. The molecule has 1 aromatic heterocycles. The maximum absolute atomic E-state index is 13.1. The van der Waals surface area contributed by atoms with Crippen molar-refractivity contribution in [1.29, 1.82) is 0 Å². The van der Waals surface area contributed by atoms with E-state index in [2.05, 4.69) is 5.32 Å². The Labute approximate surface area is 184 Å². The van der Waals surface area contributed by atoms with Crippen LogP contribution in [0.1, 0.15) is 15.9 Å². The molecule has 158 valence electrons. The molecule has 0 atom stereocenters. The molecule has 0 aliphatic heterocycles. The smallest absolute Gasteiger partial charge is 0.328 e. The highest BCUT2D eigenvalue weighted by molar-refractivity contribution is 7.99. The number of aryl methyl sites for hydroxylation is 3. The van der Waals surface area contributed by atoms with Gasteiger partial charge in [-0.05, 0) is 43.3 Å². The molecule has 0 fully saturated rings. The Balaban J connectivity index is 1.81. The minimum absolute atomic E-state index is 0.116. The molecule has 6 nitrogen and oxygen atoms in total. The number of hydrogen-bond acceptors (Lipinski definition) is 4. The van der Waals surface area contributed by atoms with E-state index >= 15 is 0 Å². The zero-order chi connectivity index (χ0) is 22.1. The lowest BCUT2D eigenvalue weighted by Gasteiger charge is -2.14. The van der Waals surface area contributed by atoms with Gasteiger partial charge in [-0.15, -0.1) is 0 Å². The third kappa shape index (κ3) is 3.96. The zero-order valence-corrected chi connectivity index (χ0v) is 18.6. The van der Waals surface area contributed by atoms with E-state index < -0.39 is 0 Å². The second-order valence-electron chi connectivity index (χ2n) is 7.31. The fourth-order valence-electron chi connectivity index (χ4n) is 3.46. The van der Waals surface area contributed by atoms with Gasteiger partial charge >= 0.3 is 5.69 Å². The van der Waals surface area contributed by atoms with E-state index in [-0.39, 0.29) is 11.6 Å². The van der Waals surface area contributed by atoms with Crippen molar-refractivity contribution >= 4 is 34.4 Å². The van der Waals surface area contributed by atoms with Crippen LogP contribution in [0.4, 0.5) is 5.69 Å². The van der Waals surface area contributed by atoms with Crippen molar-refractivity contribution in [1.82, 2.24) is 9.13 Å². The molecule has 0 saturated carbocycles. The number of carbonyl (C=O) groups excluding carboxylic acids is 1. The molecule has 3 aromatic carbocycles. The lowest BCUT2D eigenvalue weighted by atomic mass is 10.1. The quantitative estimate of drug-likeness (QED) is 0.500. The third-order valence-corrected chi connectivity index (χ3v) is 6.29. The van der Waals surface area contributed by atoms with E-state index in [9.17, 15) is 9.59 Å². The van der Waals surface area contributed by atoms with Crippen LogP contribution in [-0.2, 0) is 14.1 Å². The summed E-state index contributed by atoms with van der Waals surface area (Å²) in [7, 11) is 5.01. The van der Waals surface area contributed by atoms with Gasteiger partial charge in [0.05, 0.1) is 29.4 Å². The summed E-state index contributed by atoms with van der Waals surface area (Å²) >= 11 is 1.54. The Bertz CT molecular complexity index is 1340. The molecule has 0 aliphatic rings. The van der Waals surface area contributed by atoms with Gasteiger partial charge in [0.15, 0.2) is 0 Å². The van der Waals surface area contributed by atoms with Crippen LogP contribution in [0.15, 0.2) is 75.2 Å². The molecule has 4 aromatic rings. The molecule has 0 spiro atoms. The van der Waals surface area contributed by atoms with Gasteiger partial charge in [0.25, 0.3) is 5.91 Å². The molecular weight excluding hydrogens is 410 g/mol. The van der Waals surface area contributed by atoms with E-state index in [1.807, 2.05) is 49.4 Å². The Morgan fingerprint density at radius 3 is 2.29 bits per heavy atom. The standard InChI is InChI=1S/C24H23N3O3S/c1-15-9-11-16(12-10-15)31-22-14-20-19(26(2)24(29)27(20)3)13-18(22)25-23(28)17-7-5-6-8-21(17)30-4/h5-14H,1-4H3,(H,25,28). The summed E-state index contributed by atoms with van der Waals surface area (Å²) < 4.78 is 8.52. The first-order valence-corrected chi connectivity index (χ1v) is 10.6. The van der Waals surface area contributed by atoms with Gasteiger partial charge in [-0.1, -0.05) is 41.6 Å². The molecular formula is C24H23N3O3S. The number of anilines is 1. The maximum Gasteiger partial charge on any atom is 0.328 e. The van der Waals surface area contributed by atoms with E-state index in [4.69, 9.17) is 4.74 Å². The van der Waals surface area contributed by atoms with Crippen molar-refractivity contribution in [2.45, 2.75) is 16.7 Å². The van der Waals surface area contributed by atoms with Gasteiger partial charge in [0.1, 0.15) is 5.75 Å². The SMILES string of the molecule is COc1ccccc1C(=O)Nc1cc2c(cc1Sc1ccc(C)cc1)n(C)c(=O)n2C. The molecule has 7 heteroatoms.